The van der Waals surface area contributed by atoms with Crippen molar-refractivity contribution < 1.29 is 0 Å². The van der Waals surface area contributed by atoms with E-state index >= 15 is 0 Å². The lowest BCUT2D eigenvalue weighted by molar-refractivity contribution is 1.11. The van der Waals surface area contributed by atoms with Gasteiger partial charge in [-0.2, -0.15) is 5.10 Å². The molecule has 0 aliphatic heterocycles. The number of rotatable bonds is 3. The van der Waals surface area contributed by atoms with Crippen molar-refractivity contribution in [1.82, 2.24) is 30.1 Å². The lowest BCUT2D eigenvalue weighted by Crippen LogP contribution is -1.88. The number of pyridine rings is 3. The van der Waals surface area contributed by atoms with Crippen molar-refractivity contribution in [3.8, 4) is 33.9 Å². The molecule has 0 saturated carbocycles. The first-order chi connectivity index (χ1) is 15.3. The van der Waals surface area contributed by atoms with E-state index in [4.69, 9.17) is 0 Å². The van der Waals surface area contributed by atoms with Gasteiger partial charge in [-0.15, -0.1) is 0 Å². The van der Waals surface area contributed by atoms with Gasteiger partial charge in [0.25, 0.3) is 0 Å². The molecule has 0 bridgehead atoms. The van der Waals surface area contributed by atoms with E-state index in [-0.39, 0.29) is 0 Å². The summed E-state index contributed by atoms with van der Waals surface area (Å²) in [6.45, 7) is 2.07. The number of aryl methyl sites for hydroxylation is 1. The van der Waals surface area contributed by atoms with Crippen molar-refractivity contribution >= 4 is 21.8 Å². The van der Waals surface area contributed by atoms with Crippen LogP contribution in [0.1, 0.15) is 5.56 Å². The standard InChI is InChI=1S/C25H18N6/c1-15-8-10-26-13-19(15)22-12-18-24(14-28-22)30-31-25(18)23-11-17-16(5-4-7-21(17)29-23)20-6-2-3-9-27-20/h2-14,29H,1H3,(H,30,31). The molecule has 0 aliphatic carbocycles. The maximum atomic E-state index is 4.61. The van der Waals surface area contributed by atoms with E-state index in [9.17, 15) is 0 Å². The summed E-state index contributed by atoms with van der Waals surface area (Å²) in [6, 6.07) is 18.4. The van der Waals surface area contributed by atoms with Gasteiger partial charge < -0.3 is 4.98 Å². The van der Waals surface area contributed by atoms with Crippen molar-refractivity contribution in [3.63, 3.8) is 0 Å². The van der Waals surface area contributed by atoms with Crippen LogP contribution in [-0.2, 0) is 0 Å². The average molecular weight is 402 g/mol. The summed E-state index contributed by atoms with van der Waals surface area (Å²) in [6.07, 6.45) is 7.29. The molecule has 0 aliphatic rings. The predicted octanol–water partition coefficient (Wildman–Crippen LogP) is 5.54. The third-order valence-corrected chi connectivity index (χ3v) is 5.62. The van der Waals surface area contributed by atoms with Gasteiger partial charge in [-0.1, -0.05) is 18.2 Å². The third-order valence-electron chi connectivity index (χ3n) is 5.62. The van der Waals surface area contributed by atoms with Crippen molar-refractivity contribution in [2.24, 2.45) is 0 Å². The molecule has 0 radical (unpaired) electrons. The van der Waals surface area contributed by atoms with Crippen LogP contribution in [0.5, 0.6) is 0 Å². The quantitative estimate of drug-likeness (QED) is 0.407. The van der Waals surface area contributed by atoms with E-state index in [1.807, 2.05) is 48.9 Å². The first-order valence-electron chi connectivity index (χ1n) is 10.1. The van der Waals surface area contributed by atoms with Crippen molar-refractivity contribution in [2.75, 3.05) is 0 Å². The smallest absolute Gasteiger partial charge is 0.116 e. The Bertz CT molecular complexity index is 1550. The molecule has 6 heteroatoms. The minimum atomic E-state index is 0.864. The van der Waals surface area contributed by atoms with Crippen LogP contribution in [0.2, 0.25) is 0 Å². The molecule has 0 saturated heterocycles. The minimum Gasteiger partial charge on any atom is -0.353 e. The van der Waals surface area contributed by atoms with Crippen LogP contribution in [0.25, 0.3) is 55.7 Å². The molecular weight excluding hydrogens is 384 g/mol. The van der Waals surface area contributed by atoms with E-state index in [1.54, 1.807) is 6.20 Å². The summed E-state index contributed by atoms with van der Waals surface area (Å²) < 4.78 is 0. The molecule has 5 aromatic heterocycles. The molecular formula is C25H18N6. The Balaban J connectivity index is 1.52. The minimum absolute atomic E-state index is 0.864. The molecule has 1 aromatic carbocycles. The highest BCUT2D eigenvalue weighted by molar-refractivity contribution is 6.01. The molecule has 0 atom stereocenters. The first-order valence-corrected chi connectivity index (χ1v) is 10.1. The zero-order chi connectivity index (χ0) is 20.8. The Morgan fingerprint density at radius 2 is 1.71 bits per heavy atom. The fraction of sp³-hybridized carbons (Fsp3) is 0.0400. The number of nitrogens with one attached hydrogen (secondary N) is 2. The predicted molar refractivity (Wildman–Crippen MR) is 122 cm³/mol. The first kappa shape index (κ1) is 17.5. The van der Waals surface area contributed by atoms with Gasteiger partial charge in [-0.3, -0.25) is 20.1 Å². The highest BCUT2D eigenvalue weighted by Gasteiger charge is 2.15. The highest BCUT2D eigenvalue weighted by atomic mass is 15.1. The summed E-state index contributed by atoms with van der Waals surface area (Å²) in [7, 11) is 0. The van der Waals surface area contributed by atoms with Gasteiger partial charge in [0.05, 0.1) is 28.8 Å². The number of hydrogen-bond acceptors (Lipinski definition) is 4. The fourth-order valence-electron chi connectivity index (χ4n) is 4.03. The maximum absolute atomic E-state index is 4.61. The Morgan fingerprint density at radius 3 is 2.58 bits per heavy atom. The van der Waals surface area contributed by atoms with Gasteiger partial charge in [-0.05, 0) is 48.9 Å². The van der Waals surface area contributed by atoms with E-state index in [2.05, 4.69) is 61.3 Å². The number of nitrogens with zero attached hydrogens (tertiary/aromatic N) is 4. The van der Waals surface area contributed by atoms with Crippen LogP contribution in [-0.4, -0.2) is 30.1 Å². The summed E-state index contributed by atoms with van der Waals surface area (Å²) in [5.74, 6) is 0. The molecule has 6 rings (SSSR count). The molecule has 5 heterocycles. The average Bonchev–Trinajstić information content (AvgIpc) is 3.43. The van der Waals surface area contributed by atoms with Crippen LogP contribution in [0.3, 0.4) is 0 Å². The monoisotopic (exact) mass is 402 g/mol. The number of benzene rings is 1. The summed E-state index contributed by atoms with van der Waals surface area (Å²) in [4.78, 5) is 16.9. The van der Waals surface area contributed by atoms with Crippen LogP contribution in [0.15, 0.2) is 79.4 Å². The van der Waals surface area contributed by atoms with E-state index in [1.165, 1.54) is 0 Å². The fourth-order valence-corrected chi connectivity index (χ4v) is 4.03. The number of H-pyrrole nitrogens is 2. The van der Waals surface area contributed by atoms with Gasteiger partial charge in [0, 0.05) is 46.0 Å². The SMILES string of the molecule is Cc1ccncc1-c1cc2c(-c3cc4c(-c5ccccn5)cccc4[nH]3)n[nH]c2cn1. The largest absolute Gasteiger partial charge is 0.353 e. The Labute approximate surface area is 178 Å². The summed E-state index contributed by atoms with van der Waals surface area (Å²) in [5, 5.41) is 9.83. The van der Waals surface area contributed by atoms with Crippen molar-refractivity contribution in [1.29, 1.82) is 0 Å². The molecule has 0 spiro atoms. The second kappa shape index (κ2) is 6.88. The van der Waals surface area contributed by atoms with Crippen LogP contribution < -0.4 is 0 Å². The zero-order valence-corrected chi connectivity index (χ0v) is 16.8. The van der Waals surface area contributed by atoms with Crippen LogP contribution >= 0.6 is 0 Å². The van der Waals surface area contributed by atoms with Crippen LogP contribution in [0.4, 0.5) is 0 Å². The Morgan fingerprint density at radius 1 is 0.742 bits per heavy atom. The Kier molecular flexibility index (Phi) is 3.89. The van der Waals surface area contributed by atoms with Gasteiger partial charge in [0.15, 0.2) is 0 Å². The molecule has 6 nitrogen and oxygen atoms in total. The maximum Gasteiger partial charge on any atom is 0.116 e. The Hall–Kier alpha value is -4.32. The molecule has 6 aromatic rings. The van der Waals surface area contributed by atoms with Crippen molar-refractivity contribution in [2.45, 2.75) is 6.92 Å². The molecule has 2 N–H and O–H groups in total. The molecule has 0 amide bonds. The van der Waals surface area contributed by atoms with E-state index < -0.39 is 0 Å². The second-order valence-electron chi connectivity index (χ2n) is 7.54. The van der Waals surface area contributed by atoms with Crippen molar-refractivity contribution in [3.05, 3.63) is 84.9 Å². The second-order valence-corrected chi connectivity index (χ2v) is 7.54. The number of hydrogen-bond donors (Lipinski definition) is 2. The lowest BCUT2D eigenvalue weighted by Gasteiger charge is -2.04. The molecule has 0 unspecified atom stereocenters. The third kappa shape index (κ3) is 2.88. The normalized spacial score (nSPS) is 11.4. The lowest BCUT2D eigenvalue weighted by atomic mass is 10.0. The van der Waals surface area contributed by atoms with Gasteiger partial charge in [0.1, 0.15) is 5.69 Å². The summed E-state index contributed by atoms with van der Waals surface area (Å²) >= 11 is 0. The van der Waals surface area contributed by atoms with Gasteiger partial charge in [-0.25, -0.2) is 0 Å². The number of aromatic amines is 2. The van der Waals surface area contributed by atoms with Gasteiger partial charge >= 0.3 is 0 Å². The zero-order valence-electron chi connectivity index (χ0n) is 16.8. The molecule has 148 valence electrons. The number of aromatic nitrogens is 6. The van der Waals surface area contributed by atoms with E-state index in [0.717, 1.165) is 61.3 Å². The van der Waals surface area contributed by atoms with E-state index in [0.29, 0.717) is 0 Å². The molecule has 0 fully saturated rings. The van der Waals surface area contributed by atoms with Gasteiger partial charge in [0.2, 0.25) is 0 Å². The summed E-state index contributed by atoms with van der Waals surface area (Å²) in [5.41, 5.74) is 8.83. The van der Waals surface area contributed by atoms with Crippen LogP contribution in [0, 0.1) is 6.92 Å². The topological polar surface area (TPSA) is 83.1 Å². The highest BCUT2D eigenvalue weighted by Crippen LogP contribution is 2.34. The molecule has 31 heavy (non-hydrogen) atoms. The number of fused-ring (bicyclic) bond motifs is 2.